The summed E-state index contributed by atoms with van der Waals surface area (Å²) in [6.07, 6.45) is 4.23. The monoisotopic (exact) mass is 239 g/mol. The van der Waals surface area contributed by atoms with Crippen molar-refractivity contribution in [3.8, 4) is 0 Å². The van der Waals surface area contributed by atoms with Crippen molar-refractivity contribution in [2.75, 3.05) is 19.6 Å². The second-order valence-corrected chi connectivity index (χ2v) is 3.57. The van der Waals surface area contributed by atoms with Crippen LogP contribution in [0.15, 0.2) is 12.4 Å². The summed E-state index contributed by atoms with van der Waals surface area (Å²) < 4.78 is 1.69. The summed E-state index contributed by atoms with van der Waals surface area (Å²) in [4.78, 5) is 22.4. The van der Waals surface area contributed by atoms with E-state index in [1.807, 2.05) is 13.2 Å². The molecule has 2 amide bonds. The van der Waals surface area contributed by atoms with Crippen LogP contribution in [0.3, 0.4) is 0 Å². The van der Waals surface area contributed by atoms with Gasteiger partial charge in [-0.1, -0.05) is 0 Å². The van der Waals surface area contributed by atoms with E-state index in [0.29, 0.717) is 26.1 Å². The SMILES string of the molecule is Cn1cc(CCNC(=O)C(=O)NCCN)cn1. The fraction of sp³-hybridized carbons (Fsp3) is 0.500. The van der Waals surface area contributed by atoms with Crippen molar-refractivity contribution in [1.82, 2.24) is 20.4 Å². The Labute approximate surface area is 99.4 Å². The van der Waals surface area contributed by atoms with Gasteiger partial charge in [0.1, 0.15) is 0 Å². The molecular formula is C10H17N5O2. The molecule has 0 aliphatic carbocycles. The zero-order valence-electron chi connectivity index (χ0n) is 9.77. The van der Waals surface area contributed by atoms with E-state index in [1.165, 1.54) is 0 Å². The summed E-state index contributed by atoms with van der Waals surface area (Å²) in [5.41, 5.74) is 6.21. The van der Waals surface area contributed by atoms with E-state index in [4.69, 9.17) is 5.73 Å². The molecule has 0 spiro atoms. The maximum absolute atomic E-state index is 11.3. The van der Waals surface area contributed by atoms with E-state index in [0.717, 1.165) is 5.56 Å². The number of rotatable bonds is 5. The van der Waals surface area contributed by atoms with Crippen LogP contribution in [0.5, 0.6) is 0 Å². The van der Waals surface area contributed by atoms with Crippen molar-refractivity contribution in [3.63, 3.8) is 0 Å². The molecule has 94 valence electrons. The molecule has 1 aromatic heterocycles. The van der Waals surface area contributed by atoms with E-state index in [-0.39, 0.29) is 0 Å². The highest BCUT2D eigenvalue weighted by Crippen LogP contribution is 1.95. The highest BCUT2D eigenvalue weighted by atomic mass is 16.2. The zero-order chi connectivity index (χ0) is 12.7. The van der Waals surface area contributed by atoms with Gasteiger partial charge in [-0.05, 0) is 12.0 Å². The molecule has 1 rings (SSSR count). The average Bonchev–Trinajstić information content (AvgIpc) is 2.71. The summed E-state index contributed by atoms with van der Waals surface area (Å²) in [6.45, 7) is 1.02. The van der Waals surface area contributed by atoms with Crippen molar-refractivity contribution < 1.29 is 9.59 Å². The Morgan fingerprint density at radius 1 is 1.35 bits per heavy atom. The van der Waals surface area contributed by atoms with Gasteiger partial charge in [-0.15, -0.1) is 0 Å². The van der Waals surface area contributed by atoms with E-state index in [1.54, 1.807) is 10.9 Å². The lowest BCUT2D eigenvalue weighted by Gasteiger charge is -2.04. The fourth-order valence-corrected chi connectivity index (χ4v) is 1.27. The third-order valence-electron chi connectivity index (χ3n) is 2.09. The molecule has 0 bridgehead atoms. The minimum absolute atomic E-state index is 0.300. The Bertz CT molecular complexity index is 388. The van der Waals surface area contributed by atoms with Crippen LogP contribution in [-0.4, -0.2) is 41.2 Å². The Kier molecular flexibility index (Phi) is 5.15. The molecule has 0 aliphatic heterocycles. The van der Waals surface area contributed by atoms with Gasteiger partial charge in [-0.3, -0.25) is 14.3 Å². The topological polar surface area (TPSA) is 102 Å². The second-order valence-electron chi connectivity index (χ2n) is 3.57. The molecule has 0 radical (unpaired) electrons. The third-order valence-corrected chi connectivity index (χ3v) is 2.09. The number of nitrogens with zero attached hydrogens (tertiary/aromatic N) is 2. The van der Waals surface area contributed by atoms with Crippen LogP contribution in [0.4, 0.5) is 0 Å². The number of hydrogen-bond acceptors (Lipinski definition) is 4. The van der Waals surface area contributed by atoms with Gasteiger partial charge in [-0.25, -0.2) is 0 Å². The van der Waals surface area contributed by atoms with E-state index >= 15 is 0 Å². The first-order chi connectivity index (χ1) is 8.13. The summed E-state index contributed by atoms with van der Waals surface area (Å²) in [5.74, 6) is -1.29. The summed E-state index contributed by atoms with van der Waals surface area (Å²) in [6, 6.07) is 0. The Morgan fingerprint density at radius 2 is 2.00 bits per heavy atom. The summed E-state index contributed by atoms with van der Waals surface area (Å²) in [7, 11) is 1.82. The molecule has 7 heteroatoms. The van der Waals surface area contributed by atoms with Crippen LogP contribution in [0.1, 0.15) is 5.56 Å². The lowest BCUT2D eigenvalue weighted by Crippen LogP contribution is -2.42. The van der Waals surface area contributed by atoms with Crippen LogP contribution < -0.4 is 16.4 Å². The molecule has 0 atom stereocenters. The predicted octanol–water partition coefficient (Wildman–Crippen LogP) is -1.85. The van der Waals surface area contributed by atoms with Gasteiger partial charge in [0.25, 0.3) is 0 Å². The maximum atomic E-state index is 11.3. The summed E-state index contributed by atoms with van der Waals surface area (Å²) >= 11 is 0. The number of nitrogens with two attached hydrogens (primary N) is 1. The molecule has 0 saturated heterocycles. The quantitative estimate of drug-likeness (QED) is 0.525. The normalized spacial score (nSPS) is 10.0. The molecule has 1 heterocycles. The first kappa shape index (κ1) is 13.2. The number of amides is 2. The minimum atomic E-state index is -0.651. The Balaban J connectivity index is 2.22. The molecule has 0 fully saturated rings. The number of carbonyl (C=O) groups is 2. The zero-order valence-corrected chi connectivity index (χ0v) is 9.77. The Hall–Kier alpha value is -1.89. The van der Waals surface area contributed by atoms with Gasteiger partial charge < -0.3 is 16.4 Å². The van der Waals surface area contributed by atoms with Crippen LogP contribution in [-0.2, 0) is 23.1 Å². The van der Waals surface area contributed by atoms with Crippen LogP contribution in [0, 0.1) is 0 Å². The largest absolute Gasteiger partial charge is 0.348 e. The number of hydrogen-bond donors (Lipinski definition) is 3. The van der Waals surface area contributed by atoms with Crippen LogP contribution >= 0.6 is 0 Å². The smallest absolute Gasteiger partial charge is 0.309 e. The highest BCUT2D eigenvalue weighted by molar-refractivity contribution is 6.35. The molecule has 0 aromatic carbocycles. The first-order valence-electron chi connectivity index (χ1n) is 5.37. The number of aryl methyl sites for hydroxylation is 1. The third kappa shape index (κ3) is 4.64. The minimum Gasteiger partial charge on any atom is -0.348 e. The lowest BCUT2D eigenvalue weighted by molar-refractivity contribution is -0.139. The first-order valence-corrected chi connectivity index (χ1v) is 5.37. The summed E-state index contributed by atoms with van der Waals surface area (Å²) in [5, 5.41) is 8.91. The molecule has 0 unspecified atom stereocenters. The molecule has 0 saturated carbocycles. The van der Waals surface area contributed by atoms with Crippen molar-refractivity contribution in [3.05, 3.63) is 18.0 Å². The van der Waals surface area contributed by atoms with Crippen LogP contribution in [0.25, 0.3) is 0 Å². The molecule has 4 N–H and O–H groups in total. The van der Waals surface area contributed by atoms with Gasteiger partial charge >= 0.3 is 11.8 Å². The van der Waals surface area contributed by atoms with E-state index in [2.05, 4.69) is 15.7 Å². The van der Waals surface area contributed by atoms with Gasteiger partial charge in [0.2, 0.25) is 0 Å². The van der Waals surface area contributed by atoms with Gasteiger partial charge in [0.15, 0.2) is 0 Å². The van der Waals surface area contributed by atoms with Gasteiger partial charge in [0, 0.05) is 32.9 Å². The molecule has 7 nitrogen and oxygen atoms in total. The average molecular weight is 239 g/mol. The highest BCUT2D eigenvalue weighted by Gasteiger charge is 2.11. The Morgan fingerprint density at radius 3 is 2.53 bits per heavy atom. The van der Waals surface area contributed by atoms with Crippen molar-refractivity contribution in [2.45, 2.75) is 6.42 Å². The fourth-order valence-electron chi connectivity index (χ4n) is 1.27. The molecular weight excluding hydrogens is 222 g/mol. The molecule has 17 heavy (non-hydrogen) atoms. The standard InChI is InChI=1S/C10H17N5O2/c1-15-7-8(6-14-15)2-4-12-9(16)10(17)13-5-3-11/h6-7H,2-5,11H2,1H3,(H,12,16)(H,13,17). The van der Waals surface area contributed by atoms with E-state index in [9.17, 15) is 9.59 Å². The lowest BCUT2D eigenvalue weighted by atomic mass is 10.2. The second kappa shape index (κ2) is 6.64. The van der Waals surface area contributed by atoms with Crippen molar-refractivity contribution >= 4 is 11.8 Å². The molecule has 1 aromatic rings. The molecule has 0 aliphatic rings. The van der Waals surface area contributed by atoms with E-state index < -0.39 is 11.8 Å². The predicted molar refractivity (Wildman–Crippen MR) is 62.0 cm³/mol. The number of aromatic nitrogens is 2. The van der Waals surface area contributed by atoms with Gasteiger partial charge in [-0.2, -0.15) is 5.10 Å². The number of carbonyl (C=O) groups excluding carboxylic acids is 2. The maximum Gasteiger partial charge on any atom is 0.309 e. The number of nitrogens with one attached hydrogen (secondary N) is 2. The van der Waals surface area contributed by atoms with Crippen molar-refractivity contribution in [1.29, 1.82) is 0 Å². The van der Waals surface area contributed by atoms with Gasteiger partial charge in [0.05, 0.1) is 6.20 Å². The van der Waals surface area contributed by atoms with Crippen molar-refractivity contribution in [2.24, 2.45) is 12.8 Å². The van der Waals surface area contributed by atoms with Crippen LogP contribution in [0.2, 0.25) is 0 Å².